The molecule has 0 atom stereocenters. The molecule has 0 N–H and O–H groups in total. The van der Waals surface area contributed by atoms with Crippen LogP contribution in [0.5, 0.6) is 0 Å². The van der Waals surface area contributed by atoms with Crippen LogP contribution in [0, 0.1) is 0 Å². The van der Waals surface area contributed by atoms with Gasteiger partial charge in [-0.15, -0.1) is 0 Å². The van der Waals surface area contributed by atoms with Gasteiger partial charge in [-0.2, -0.15) is 0 Å². The van der Waals surface area contributed by atoms with E-state index in [1.165, 1.54) is 6.92 Å². The van der Waals surface area contributed by atoms with Crippen LogP contribution in [0.3, 0.4) is 0 Å². The first-order valence-corrected chi connectivity index (χ1v) is 3.08. The van der Waals surface area contributed by atoms with E-state index in [0.717, 1.165) is 0 Å². The molecule has 0 aromatic carbocycles. The SMILES string of the molecule is CO/C=C\CCOC(C)=O. The lowest BCUT2D eigenvalue weighted by Gasteiger charge is -1.95. The molecule has 10 heavy (non-hydrogen) atoms. The van der Waals surface area contributed by atoms with E-state index in [1.807, 2.05) is 0 Å². The Morgan fingerprint density at radius 1 is 1.60 bits per heavy atom. The molecule has 0 unspecified atom stereocenters. The smallest absolute Gasteiger partial charge is 0.302 e. The van der Waals surface area contributed by atoms with Gasteiger partial charge in [0.25, 0.3) is 0 Å². The zero-order valence-electron chi connectivity index (χ0n) is 6.29. The largest absolute Gasteiger partial charge is 0.505 e. The second kappa shape index (κ2) is 6.13. The molecule has 0 fully saturated rings. The molecule has 0 aliphatic carbocycles. The Hall–Kier alpha value is -0.990. The third-order valence-electron chi connectivity index (χ3n) is 0.822. The molecule has 0 heterocycles. The fourth-order valence-electron chi connectivity index (χ4n) is 0.435. The molecule has 0 amide bonds. The van der Waals surface area contributed by atoms with Gasteiger partial charge in [0, 0.05) is 13.3 Å². The summed E-state index contributed by atoms with van der Waals surface area (Å²) in [6.07, 6.45) is 4.06. The Morgan fingerprint density at radius 2 is 2.30 bits per heavy atom. The lowest BCUT2D eigenvalue weighted by atomic mass is 10.4. The monoisotopic (exact) mass is 144 g/mol. The highest BCUT2D eigenvalue weighted by Gasteiger charge is 1.87. The van der Waals surface area contributed by atoms with Crippen molar-refractivity contribution in [2.75, 3.05) is 13.7 Å². The number of esters is 1. The van der Waals surface area contributed by atoms with Gasteiger partial charge in [-0.25, -0.2) is 0 Å². The number of carbonyl (C=O) groups is 1. The van der Waals surface area contributed by atoms with Crippen LogP contribution in [-0.4, -0.2) is 19.7 Å². The number of carbonyl (C=O) groups excluding carboxylic acids is 1. The molecule has 0 saturated carbocycles. The maximum atomic E-state index is 10.2. The topological polar surface area (TPSA) is 35.5 Å². The van der Waals surface area contributed by atoms with Crippen molar-refractivity contribution in [3.63, 3.8) is 0 Å². The van der Waals surface area contributed by atoms with Gasteiger partial charge in [-0.3, -0.25) is 4.79 Å². The van der Waals surface area contributed by atoms with Crippen molar-refractivity contribution >= 4 is 5.97 Å². The van der Waals surface area contributed by atoms with E-state index in [4.69, 9.17) is 0 Å². The van der Waals surface area contributed by atoms with E-state index < -0.39 is 0 Å². The zero-order valence-corrected chi connectivity index (χ0v) is 6.29. The standard InChI is InChI=1S/C7H12O3/c1-7(8)10-6-4-3-5-9-2/h3,5H,4,6H2,1-2H3/b5-3-. The molecule has 58 valence electrons. The minimum Gasteiger partial charge on any atom is -0.505 e. The van der Waals surface area contributed by atoms with Gasteiger partial charge >= 0.3 is 5.97 Å². The predicted molar refractivity (Wildman–Crippen MR) is 37.4 cm³/mol. The third kappa shape index (κ3) is 7.01. The van der Waals surface area contributed by atoms with Crippen molar-refractivity contribution in [3.8, 4) is 0 Å². The Labute approximate surface area is 60.6 Å². The highest BCUT2D eigenvalue weighted by Crippen LogP contribution is 1.85. The van der Waals surface area contributed by atoms with Gasteiger partial charge < -0.3 is 9.47 Å². The molecule has 0 rings (SSSR count). The number of ether oxygens (including phenoxy) is 2. The summed E-state index contributed by atoms with van der Waals surface area (Å²) in [5.74, 6) is -0.245. The van der Waals surface area contributed by atoms with Gasteiger partial charge in [0.15, 0.2) is 0 Å². The molecule has 0 aromatic rings. The first-order valence-electron chi connectivity index (χ1n) is 3.08. The Balaban J connectivity index is 3.05. The molecule has 3 nitrogen and oxygen atoms in total. The summed E-state index contributed by atoms with van der Waals surface area (Å²) in [4.78, 5) is 10.2. The van der Waals surface area contributed by atoms with Crippen molar-refractivity contribution in [2.45, 2.75) is 13.3 Å². The van der Waals surface area contributed by atoms with Gasteiger partial charge in [0.1, 0.15) is 0 Å². The van der Waals surface area contributed by atoms with Crippen LogP contribution in [0.1, 0.15) is 13.3 Å². The maximum absolute atomic E-state index is 10.2. The first kappa shape index (κ1) is 9.01. The highest BCUT2D eigenvalue weighted by atomic mass is 16.5. The molecule has 0 radical (unpaired) electrons. The Bertz CT molecular complexity index is 118. The molecule has 0 aliphatic rings. The zero-order chi connectivity index (χ0) is 7.82. The van der Waals surface area contributed by atoms with Crippen molar-refractivity contribution in [1.29, 1.82) is 0 Å². The fraction of sp³-hybridized carbons (Fsp3) is 0.571. The molecular weight excluding hydrogens is 132 g/mol. The Kier molecular flexibility index (Phi) is 5.53. The molecular formula is C7H12O3. The summed E-state index contributed by atoms with van der Waals surface area (Å²) in [5, 5.41) is 0. The van der Waals surface area contributed by atoms with Crippen molar-refractivity contribution in [3.05, 3.63) is 12.3 Å². The second-order valence-corrected chi connectivity index (χ2v) is 1.74. The second-order valence-electron chi connectivity index (χ2n) is 1.74. The van der Waals surface area contributed by atoms with E-state index >= 15 is 0 Å². The fourth-order valence-corrected chi connectivity index (χ4v) is 0.435. The summed E-state index contributed by atoms with van der Waals surface area (Å²) in [5.41, 5.74) is 0. The molecule has 3 heteroatoms. The van der Waals surface area contributed by atoms with Gasteiger partial charge in [-0.05, 0) is 6.08 Å². The van der Waals surface area contributed by atoms with Crippen LogP contribution >= 0.6 is 0 Å². The van der Waals surface area contributed by atoms with E-state index in [2.05, 4.69) is 9.47 Å². The summed E-state index contributed by atoms with van der Waals surface area (Å²) < 4.78 is 9.27. The van der Waals surface area contributed by atoms with Crippen molar-refractivity contribution < 1.29 is 14.3 Å². The minimum absolute atomic E-state index is 0.245. The summed E-state index contributed by atoms with van der Waals surface area (Å²) in [6, 6.07) is 0. The van der Waals surface area contributed by atoms with E-state index in [0.29, 0.717) is 13.0 Å². The number of rotatable bonds is 4. The van der Waals surface area contributed by atoms with Crippen LogP contribution in [0.2, 0.25) is 0 Å². The third-order valence-corrected chi connectivity index (χ3v) is 0.822. The van der Waals surface area contributed by atoms with Crippen LogP contribution in [0.25, 0.3) is 0 Å². The average molecular weight is 144 g/mol. The quantitative estimate of drug-likeness (QED) is 0.336. The maximum Gasteiger partial charge on any atom is 0.302 e. The van der Waals surface area contributed by atoms with Gasteiger partial charge in [0.2, 0.25) is 0 Å². The molecule has 0 bridgehead atoms. The van der Waals surface area contributed by atoms with Gasteiger partial charge in [0.05, 0.1) is 20.0 Å². The predicted octanol–water partition coefficient (Wildman–Crippen LogP) is 1.10. The first-order chi connectivity index (χ1) is 4.77. The number of hydrogen-bond donors (Lipinski definition) is 0. The van der Waals surface area contributed by atoms with Crippen LogP contribution in [0.15, 0.2) is 12.3 Å². The van der Waals surface area contributed by atoms with E-state index in [9.17, 15) is 4.79 Å². The summed E-state index contributed by atoms with van der Waals surface area (Å²) in [6.45, 7) is 1.81. The van der Waals surface area contributed by atoms with Crippen molar-refractivity contribution in [2.24, 2.45) is 0 Å². The molecule has 0 spiro atoms. The van der Waals surface area contributed by atoms with E-state index in [-0.39, 0.29) is 5.97 Å². The molecule has 0 aliphatic heterocycles. The summed E-state index contributed by atoms with van der Waals surface area (Å²) >= 11 is 0. The van der Waals surface area contributed by atoms with Gasteiger partial charge in [-0.1, -0.05) is 0 Å². The van der Waals surface area contributed by atoms with Crippen LogP contribution in [-0.2, 0) is 14.3 Å². The Morgan fingerprint density at radius 3 is 2.80 bits per heavy atom. The average Bonchev–Trinajstić information content (AvgIpc) is 1.87. The molecule has 0 saturated heterocycles. The van der Waals surface area contributed by atoms with Crippen molar-refractivity contribution in [1.82, 2.24) is 0 Å². The number of methoxy groups -OCH3 is 1. The lowest BCUT2D eigenvalue weighted by molar-refractivity contribution is -0.140. The minimum atomic E-state index is -0.245. The number of hydrogen-bond acceptors (Lipinski definition) is 3. The van der Waals surface area contributed by atoms with E-state index in [1.54, 1.807) is 19.4 Å². The van der Waals surface area contributed by atoms with Crippen LogP contribution in [0.4, 0.5) is 0 Å². The normalized spacial score (nSPS) is 9.80. The van der Waals surface area contributed by atoms with Crippen LogP contribution < -0.4 is 0 Å². The lowest BCUT2D eigenvalue weighted by Crippen LogP contribution is -1.98. The molecule has 0 aromatic heterocycles. The summed E-state index contributed by atoms with van der Waals surface area (Å²) in [7, 11) is 1.57. The highest BCUT2D eigenvalue weighted by molar-refractivity contribution is 5.65.